The third-order valence-electron chi connectivity index (χ3n) is 3.43. The number of fused-ring (bicyclic) bond motifs is 1. The zero-order valence-corrected chi connectivity index (χ0v) is 11.2. The minimum atomic E-state index is -0.534. The molecule has 0 amide bonds. The number of hydrogen-bond acceptors (Lipinski definition) is 6. The van der Waals surface area contributed by atoms with Gasteiger partial charge in [-0.3, -0.25) is 4.79 Å². The molecule has 0 spiro atoms. The van der Waals surface area contributed by atoms with Gasteiger partial charge in [0.2, 0.25) is 4.96 Å². The first-order valence-electron chi connectivity index (χ1n) is 6.04. The van der Waals surface area contributed by atoms with Gasteiger partial charge >= 0.3 is 5.97 Å². The number of carbonyl (C=O) groups excluding carboxylic acids is 1. The Bertz CT molecular complexity index is 599. The molecule has 0 bridgehead atoms. The van der Waals surface area contributed by atoms with Crippen molar-refractivity contribution in [2.75, 3.05) is 6.61 Å². The highest BCUT2D eigenvalue weighted by Gasteiger charge is 2.50. The molecule has 0 N–H and O–H groups in total. The molecular formula is C11H14N4O2S. The van der Waals surface area contributed by atoms with Crippen LogP contribution in [0.5, 0.6) is 0 Å². The molecule has 1 fully saturated rings. The zero-order valence-electron chi connectivity index (χ0n) is 10.3. The van der Waals surface area contributed by atoms with E-state index in [1.54, 1.807) is 4.52 Å². The van der Waals surface area contributed by atoms with Crippen LogP contribution in [0.3, 0.4) is 0 Å². The van der Waals surface area contributed by atoms with Crippen molar-refractivity contribution in [3.05, 3.63) is 10.8 Å². The van der Waals surface area contributed by atoms with Crippen molar-refractivity contribution in [1.29, 1.82) is 0 Å². The van der Waals surface area contributed by atoms with Crippen molar-refractivity contribution >= 4 is 22.3 Å². The molecule has 0 atom stereocenters. The molecule has 0 unspecified atom stereocenters. The molecule has 0 saturated heterocycles. The van der Waals surface area contributed by atoms with E-state index < -0.39 is 5.41 Å². The van der Waals surface area contributed by atoms with Crippen LogP contribution in [0.2, 0.25) is 0 Å². The van der Waals surface area contributed by atoms with Gasteiger partial charge in [0.1, 0.15) is 10.4 Å². The molecule has 2 heterocycles. The van der Waals surface area contributed by atoms with Crippen LogP contribution < -0.4 is 0 Å². The Morgan fingerprint density at radius 3 is 2.83 bits per heavy atom. The molecule has 0 radical (unpaired) electrons. The number of aromatic nitrogens is 4. The number of ether oxygens (including phenoxy) is 1. The molecule has 1 aliphatic rings. The molecule has 6 nitrogen and oxygen atoms in total. The van der Waals surface area contributed by atoms with E-state index in [1.165, 1.54) is 11.3 Å². The average molecular weight is 266 g/mol. The number of nitrogens with zero attached hydrogens (tertiary/aromatic N) is 4. The molecule has 96 valence electrons. The Kier molecular flexibility index (Phi) is 2.58. The highest BCUT2D eigenvalue weighted by molar-refractivity contribution is 7.17. The average Bonchev–Trinajstić information content (AvgIpc) is 2.81. The lowest BCUT2D eigenvalue weighted by Crippen LogP contribution is -2.43. The Balaban J connectivity index is 2.02. The fraction of sp³-hybridized carbons (Fsp3) is 0.636. The maximum Gasteiger partial charge on any atom is 0.319 e. The summed E-state index contributed by atoms with van der Waals surface area (Å²) in [6.45, 7) is 4.08. The van der Waals surface area contributed by atoms with E-state index in [2.05, 4.69) is 15.3 Å². The first-order chi connectivity index (χ1) is 8.67. The molecule has 2 aromatic heterocycles. The van der Waals surface area contributed by atoms with Gasteiger partial charge in [0.15, 0.2) is 5.82 Å². The van der Waals surface area contributed by atoms with E-state index >= 15 is 0 Å². The largest absolute Gasteiger partial charge is 0.465 e. The highest BCUT2D eigenvalue weighted by Crippen LogP contribution is 2.46. The summed E-state index contributed by atoms with van der Waals surface area (Å²) < 4.78 is 6.88. The van der Waals surface area contributed by atoms with Crippen molar-refractivity contribution in [1.82, 2.24) is 19.8 Å². The molecule has 1 aliphatic carbocycles. The smallest absolute Gasteiger partial charge is 0.319 e. The monoisotopic (exact) mass is 266 g/mol. The summed E-state index contributed by atoms with van der Waals surface area (Å²) >= 11 is 1.43. The minimum absolute atomic E-state index is 0.154. The van der Waals surface area contributed by atoms with Crippen LogP contribution in [0.4, 0.5) is 0 Å². The van der Waals surface area contributed by atoms with E-state index in [1.807, 2.05) is 13.8 Å². The number of hydrogen-bond donors (Lipinski definition) is 0. The van der Waals surface area contributed by atoms with Gasteiger partial charge in [0.25, 0.3) is 0 Å². The SMILES string of the molecule is CCOC(=O)C1(c2nn3c(C)nnc3s2)CCC1. The summed E-state index contributed by atoms with van der Waals surface area (Å²) in [6.07, 6.45) is 2.67. The lowest BCUT2D eigenvalue weighted by molar-refractivity contribution is -0.153. The summed E-state index contributed by atoms with van der Waals surface area (Å²) in [4.78, 5) is 12.9. The number of aryl methyl sites for hydroxylation is 1. The summed E-state index contributed by atoms with van der Waals surface area (Å²) in [5.74, 6) is 0.588. The fourth-order valence-electron chi connectivity index (χ4n) is 2.21. The van der Waals surface area contributed by atoms with Crippen molar-refractivity contribution in [2.24, 2.45) is 0 Å². The third-order valence-corrected chi connectivity index (χ3v) is 4.53. The number of carbonyl (C=O) groups is 1. The predicted octanol–water partition coefficient (Wildman–Crippen LogP) is 1.48. The Hall–Kier alpha value is -1.50. The van der Waals surface area contributed by atoms with Crippen LogP contribution in [-0.4, -0.2) is 32.4 Å². The Morgan fingerprint density at radius 2 is 2.28 bits per heavy atom. The van der Waals surface area contributed by atoms with Gasteiger partial charge in [-0.2, -0.15) is 9.61 Å². The third kappa shape index (κ3) is 1.46. The van der Waals surface area contributed by atoms with Crippen LogP contribution in [0.1, 0.15) is 37.0 Å². The van der Waals surface area contributed by atoms with Gasteiger partial charge in [-0.25, -0.2) is 0 Å². The van der Waals surface area contributed by atoms with Crippen LogP contribution >= 0.6 is 11.3 Å². The molecule has 3 rings (SSSR count). The van der Waals surface area contributed by atoms with Crippen molar-refractivity contribution in [3.63, 3.8) is 0 Å². The van der Waals surface area contributed by atoms with E-state index in [0.29, 0.717) is 6.61 Å². The minimum Gasteiger partial charge on any atom is -0.465 e. The van der Waals surface area contributed by atoms with E-state index in [4.69, 9.17) is 4.74 Å². The molecule has 18 heavy (non-hydrogen) atoms. The standard InChI is InChI=1S/C11H14N4O2S/c1-3-17-9(16)11(5-4-6-11)8-14-15-7(2)12-13-10(15)18-8/h3-6H2,1-2H3. The quantitative estimate of drug-likeness (QED) is 0.787. The first-order valence-corrected chi connectivity index (χ1v) is 6.85. The number of rotatable bonds is 3. The van der Waals surface area contributed by atoms with Crippen LogP contribution in [-0.2, 0) is 14.9 Å². The molecule has 0 aliphatic heterocycles. The van der Waals surface area contributed by atoms with Gasteiger partial charge in [0, 0.05) is 0 Å². The normalized spacial score (nSPS) is 17.7. The Morgan fingerprint density at radius 1 is 1.50 bits per heavy atom. The first kappa shape index (κ1) is 11.6. The molecular weight excluding hydrogens is 252 g/mol. The molecule has 7 heteroatoms. The second-order valence-corrected chi connectivity index (χ2v) is 5.46. The van der Waals surface area contributed by atoms with E-state index in [0.717, 1.165) is 35.1 Å². The Labute approximate surface area is 108 Å². The van der Waals surface area contributed by atoms with Gasteiger partial charge in [-0.15, -0.1) is 10.2 Å². The van der Waals surface area contributed by atoms with Gasteiger partial charge < -0.3 is 4.74 Å². The summed E-state index contributed by atoms with van der Waals surface area (Å²) in [7, 11) is 0. The van der Waals surface area contributed by atoms with Gasteiger partial charge in [0.05, 0.1) is 6.61 Å². The maximum absolute atomic E-state index is 12.1. The van der Waals surface area contributed by atoms with Crippen molar-refractivity contribution < 1.29 is 9.53 Å². The highest BCUT2D eigenvalue weighted by atomic mass is 32.1. The van der Waals surface area contributed by atoms with E-state index in [-0.39, 0.29) is 5.97 Å². The summed E-state index contributed by atoms with van der Waals surface area (Å²) in [5, 5.41) is 13.3. The maximum atomic E-state index is 12.1. The summed E-state index contributed by atoms with van der Waals surface area (Å²) in [6, 6.07) is 0. The topological polar surface area (TPSA) is 69.4 Å². The lowest BCUT2D eigenvalue weighted by Gasteiger charge is -2.36. The lowest BCUT2D eigenvalue weighted by atomic mass is 9.69. The fourth-order valence-corrected chi connectivity index (χ4v) is 3.33. The molecule has 0 aromatic carbocycles. The molecule has 1 saturated carbocycles. The van der Waals surface area contributed by atoms with Crippen LogP contribution in [0.25, 0.3) is 4.96 Å². The van der Waals surface area contributed by atoms with Crippen molar-refractivity contribution in [3.8, 4) is 0 Å². The zero-order chi connectivity index (χ0) is 12.8. The van der Waals surface area contributed by atoms with Crippen molar-refractivity contribution in [2.45, 2.75) is 38.5 Å². The summed E-state index contributed by atoms with van der Waals surface area (Å²) in [5.41, 5.74) is -0.534. The molecule has 2 aromatic rings. The predicted molar refractivity (Wildman–Crippen MR) is 65.6 cm³/mol. The van der Waals surface area contributed by atoms with Crippen LogP contribution in [0.15, 0.2) is 0 Å². The van der Waals surface area contributed by atoms with E-state index in [9.17, 15) is 4.79 Å². The second kappa shape index (κ2) is 4.01. The van der Waals surface area contributed by atoms with Crippen LogP contribution in [0, 0.1) is 6.92 Å². The van der Waals surface area contributed by atoms with Gasteiger partial charge in [-0.1, -0.05) is 17.8 Å². The number of esters is 1. The van der Waals surface area contributed by atoms with Gasteiger partial charge in [-0.05, 0) is 26.7 Å². The second-order valence-electron chi connectivity index (χ2n) is 4.50.